The highest BCUT2D eigenvalue weighted by atomic mass is 32.2. The second kappa shape index (κ2) is 8.33. The van der Waals surface area contributed by atoms with Gasteiger partial charge in [-0.2, -0.15) is 9.40 Å². The van der Waals surface area contributed by atoms with Gasteiger partial charge in [-0.25, -0.2) is 13.1 Å². The van der Waals surface area contributed by atoms with Gasteiger partial charge in [0.1, 0.15) is 9.77 Å². The van der Waals surface area contributed by atoms with Gasteiger partial charge in [-0.05, 0) is 62.4 Å². The number of nitrogens with zero attached hydrogens (tertiary/aromatic N) is 3. The van der Waals surface area contributed by atoms with E-state index in [2.05, 4.69) is 10.4 Å². The molecule has 0 radical (unpaired) electrons. The normalized spacial score (nSPS) is 15.3. The van der Waals surface area contributed by atoms with Gasteiger partial charge in [0.2, 0.25) is 10.0 Å². The van der Waals surface area contributed by atoms with Gasteiger partial charge in [0.25, 0.3) is 5.91 Å². The van der Waals surface area contributed by atoms with Crippen LogP contribution in [0.2, 0.25) is 0 Å². The lowest BCUT2D eigenvalue weighted by Gasteiger charge is -2.25. The van der Waals surface area contributed by atoms with Crippen LogP contribution in [0.1, 0.15) is 40.3 Å². The Bertz CT molecular complexity index is 1170. The first-order chi connectivity index (χ1) is 14.4. The highest BCUT2D eigenvalue weighted by Crippen LogP contribution is 2.28. The predicted octanol–water partition coefficient (Wildman–Crippen LogP) is 3.98. The fourth-order valence-corrected chi connectivity index (χ4v) is 6.52. The second-order valence-corrected chi connectivity index (χ2v) is 10.2. The first-order valence-electron chi connectivity index (χ1n) is 9.89. The van der Waals surface area contributed by atoms with Crippen molar-refractivity contribution in [1.29, 1.82) is 0 Å². The largest absolute Gasteiger partial charge is 0.321 e. The van der Waals surface area contributed by atoms with Crippen molar-refractivity contribution in [1.82, 2.24) is 14.1 Å². The molecule has 1 aromatic carbocycles. The molecule has 0 bridgehead atoms. The number of carbonyl (C=O) groups excluding carboxylic acids is 1. The van der Waals surface area contributed by atoms with E-state index in [4.69, 9.17) is 0 Å². The summed E-state index contributed by atoms with van der Waals surface area (Å²) in [5, 5.41) is 8.96. The first kappa shape index (κ1) is 20.8. The number of piperidine rings is 1. The van der Waals surface area contributed by atoms with E-state index >= 15 is 0 Å². The third-order valence-electron chi connectivity index (χ3n) is 5.13. The van der Waals surface area contributed by atoms with Crippen molar-refractivity contribution in [2.75, 3.05) is 18.4 Å². The summed E-state index contributed by atoms with van der Waals surface area (Å²) < 4.78 is 29.4. The van der Waals surface area contributed by atoms with Crippen LogP contribution in [0.4, 0.5) is 5.69 Å². The Morgan fingerprint density at radius 1 is 1.10 bits per heavy atom. The van der Waals surface area contributed by atoms with Gasteiger partial charge in [0.15, 0.2) is 0 Å². The van der Waals surface area contributed by atoms with Gasteiger partial charge in [-0.1, -0.05) is 12.5 Å². The van der Waals surface area contributed by atoms with Crippen LogP contribution < -0.4 is 5.32 Å². The Kier molecular flexibility index (Phi) is 5.77. The molecule has 2 aromatic heterocycles. The topological polar surface area (TPSA) is 84.3 Å². The molecule has 1 amide bonds. The molecular formula is C21H24N4O3S2. The average molecular weight is 445 g/mol. The van der Waals surface area contributed by atoms with E-state index in [-0.39, 0.29) is 9.77 Å². The zero-order chi connectivity index (χ0) is 21.3. The number of benzene rings is 1. The van der Waals surface area contributed by atoms with E-state index in [0.717, 1.165) is 47.7 Å². The minimum Gasteiger partial charge on any atom is -0.321 e. The molecule has 1 saturated heterocycles. The van der Waals surface area contributed by atoms with E-state index in [1.807, 2.05) is 42.8 Å². The number of carbonyl (C=O) groups is 1. The zero-order valence-corrected chi connectivity index (χ0v) is 18.6. The van der Waals surface area contributed by atoms with E-state index in [0.29, 0.717) is 18.8 Å². The SMILES string of the molecule is Cc1cc(C)n(-c2cccc(NC(=O)c3sccc3S(=O)(=O)N3CCCCC3)c2)n1. The lowest BCUT2D eigenvalue weighted by Crippen LogP contribution is -2.36. The Morgan fingerprint density at radius 3 is 2.57 bits per heavy atom. The van der Waals surface area contributed by atoms with E-state index < -0.39 is 15.9 Å². The summed E-state index contributed by atoms with van der Waals surface area (Å²) in [7, 11) is -3.67. The third kappa shape index (κ3) is 4.05. The maximum atomic E-state index is 13.0. The van der Waals surface area contributed by atoms with Gasteiger partial charge in [0, 0.05) is 24.5 Å². The van der Waals surface area contributed by atoms with Gasteiger partial charge >= 0.3 is 0 Å². The van der Waals surface area contributed by atoms with Crippen LogP contribution in [0.3, 0.4) is 0 Å². The fourth-order valence-electron chi connectivity index (χ4n) is 3.70. The number of hydrogen-bond acceptors (Lipinski definition) is 5. The van der Waals surface area contributed by atoms with Crippen molar-refractivity contribution < 1.29 is 13.2 Å². The molecule has 1 aliphatic rings. The molecule has 158 valence electrons. The van der Waals surface area contributed by atoms with Gasteiger partial charge in [0.05, 0.1) is 11.4 Å². The molecule has 3 heterocycles. The molecule has 4 rings (SSSR count). The highest BCUT2D eigenvalue weighted by Gasteiger charge is 2.31. The van der Waals surface area contributed by atoms with Crippen LogP contribution in [-0.4, -0.2) is 41.5 Å². The van der Waals surface area contributed by atoms with Crippen molar-refractivity contribution >= 4 is 33.0 Å². The molecule has 30 heavy (non-hydrogen) atoms. The maximum Gasteiger partial charge on any atom is 0.267 e. The number of aromatic nitrogens is 2. The summed E-state index contributed by atoms with van der Waals surface area (Å²) in [6, 6.07) is 10.8. The summed E-state index contributed by atoms with van der Waals surface area (Å²) in [4.78, 5) is 13.2. The molecule has 1 aliphatic heterocycles. The van der Waals surface area contributed by atoms with Crippen molar-refractivity contribution in [3.63, 3.8) is 0 Å². The number of aryl methyl sites for hydroxylation is 2. The summed E-state index contributed by atoms with van der Waals surface area (Å²) in [6.45, 7) is 4.90. The van der Waals surface area contributed by atoms with Gasteiger partial charge in [-0.15, -0.1) is 11.3 Å². The van der Waals surface area contributed by atoms with Crippen molar-refractivity contribution in [3.05, 3.63) is 58.0 Å². The lowest BCUT2D eigenvalue weighted by molar-refractivity contribution is 0.102. The van der Waals surface area contributed by atoms with Crippen LogP contribution in [-0.2, 0) is 10.0 Å². The number of anilines is 1. The standard InChI is InChI=1S/C21H24N4O3S2/c1-15-13-16(2)25(23-15)18-8-6-7-17(14-18)22-21(26)20-19(9-12-29-20)30(27,28)24-10-4-3-5-11-24/h6-9,12-14H,3-5,10-11H2,1-2H3,(H,22,26). The van der Waals surface area contributed by atoms with E-state index in [1.165, 1.54) is 10.4 Å². The third-order valence-corrected chi connectivity index (χ3v) is 8.11. The minimum absolute atomic E-state index is 0.0848. The summed E-state index contributed by atoms with van der Waals surface area (Å²) >= 11 is 1.14. The summed E-state index contributed by atoms with van der Waals surface area (Å²) in [5.41, 5.74) is 3.31. The van der Waals surface area contributed by atoms with Crippen LogP contribution in [0.15, 0.2) is 46.7 Å². The number of rotatable bonds is 5. The first-order valence-corrected chi connectivity index (χ1v) is 12.2. The molecule has 7 nitrogen and oxygen atoms in total. The van der Waals surface area contributed by atoms with Crippen LogP contribution in [0.25, 0.3) is 5.69 Å². The van der Waals surface area contributed by atoms with Crippen molar-refractivity contribution in [2.24, 2.45) is 0 Å². The second-order valence-electron chi connectivity index (χ2n) is 7.42. The monoisotopic (exact) mass is 444 g/mol. The molecule has 0 saturated carbocycles. The number of thiophene rings is 1. The Labute approximate surface area is 180 Å². The molecule has 1 fully saturated rings. The summed E-state index contributed by atoms with van der Waals surface area (Å²) in [6.07, 6.45) is 2.74. The Balaban J connectivity index is 1.58. The number of sulfonamides is 1. The number of hydrogen-bond donors (Lipinski definition) is 1. The molecular weight excluding hydrogens is 420 g/mol. The van der Waals surface area contributed by atoms with Crippen LogP contribution >= 0.6 is 11.3 Å². The number of amides is 1. The molecule has 1 N–H and O–H groups in total. The quantitative estimate of drug-likeness (QED) is 0.645. The van der Waals surface area contributed by atoms with Crippen molar-refractivity contribution in [2.45, 2.75) is 38.0 Å². The lowest BCUT2D eigenvalue weighted by atomic mass is 10.2. The maximum absolute atomic E-state index is 13.0. The molecule has 3 aromatic rings. The highest BCUT2D eigenvalue weighted by molar-refractivity contribution is 7.89. The molecule has 9 heteroatoms. The predicted molar refractivity (Wildman–Crippen MR) is 118 cm³/mol. The smallest absolute Gasteiger partial charge is 0.267 e. The van der Waals surface area contributed by atoms with Crippen LogP contribution in [0, 0.1) is 13.8 Å². The summed E-state index contributed by atoms with van der Waals surface area (Å²) in [5.74, 6) is -0.425. The van der Waals surface area contributed by atoms with Crippen molar-refractivity contribution in [3.8, 4) is 5.69 Å². The van der Waals surface area contributed by atoms with Crippen LogP contribution in [0.5, 0.6) is 0 Å². The number of nitrogens with one attached hydrogen (secondary N) is 1. The average Bonchev–Trinajstić information content (AvgIpc) is 3.36. The molecule has 0 atom stereocenters. The fraction of sp³-hybridized carbons (Fsp3) is 0.333. The minimum atomic E-state index is -3.67. The van der Waals surface area contributed by atoms with Gasteiger partial charge in [-0.3, -0.25) is 4.79 Å². The molecule has 0 unspecified atom stereocenters. The Hall–Kier alpha value is -2.49. The molecule has 0 aliphatic carbocycles. The zero-order valence-electron chi connectivity index (χ0n) is 17.0. The van der Waals surface area contributed by atoms with E-state index in [9.17, 15) is 13.2 Å². The Morgan fingerprint density at radius 2 is 1.87 bits per heavy atom. The van der Waals surface area contributed by atoms with E-state index in [1.54, 1.807) is 11.4 Å². The molecule has 0 spiro atoms. The van der Waals surface area contributed by atoms with Gasteiger partial charge < -0.3 is 5.32 Å².